The summed E-state index contributed by atoms with van der Waals surface area (Å²) in [5.74, 6) is 3.20. The van der Waals surface area contributed by atoms with Crippen molar-refractivity contribution >= 4 is 5.91 Å². The normalized spacial score (nSPS) is 28.8. The van der Waals surface area contributed by atoms with Gasteiger partial charge in [-0.1, -0.05) is 19.3 Å². The minimum atomic E-state index is 0.150. The number of likely N-dealkylation sites (tertiary alicyclic amines) is 1. The molecule has 3 atom stereocenters. The fourth-order valence-corrected chi connectivity index (χ4v) is 4.74. The van der Waals surface area contributed by atoms with Gasteiger partial charge in [-0.25, -0.2) is 0 Å². The van der Waals surface area contributed by atoms with Crippen molar-refractivity contribution in [2.24, 2.45) is 11.8 Å². The number of hydrogen-bond acceptors (Lipinski definition) is 3. The van der Waals surface area contributed by atoms with Gasteiger partial charge in [-0.05, 0) is 43.7 Å². The van der Waals surface area contributed by atoms with Gasteiger partial charge >= 0.3 is 0 Å². The van der Waals surface area contributed by atoms with Crippen LogP contribution in [0.3, 0.4) is 0 Å². The molecule has 130 valence electrons. The Hall–Kier alpha value is -1.71. The third-order valence-corrected chi connectivity index (χ3v) is 6.00. The Morgan fingerprint density at radius 2 is 2.00 bits per heavy atom. The lowest BCUT2D eigenvalue weighted by Gasteiger charge is -2.41. The van der Waals surface area contributed by atoms with Gasteiger partial charge in [0.2, 0.25) is 0 Å². The summed E-state index contributed by atoms with van der Waals surface area (Å²) < 4.78 is 11.3. The van der Waals surface area contributed by atoms with E-state index in [0.717, 1.165) is 42.3 Å². The summed E-state index contributed by atoms with van der Waals surface area (Å²) in [6, 6.07) is 3.86. The lowest BCUT2D eigenvalue weighted by atomic mass is 9.75. The average molecular weight is 329 g/mol. The van der Waals surface area contributed by atoms with Gasteiger partial charge in [0.15, 0.2) is 11.5 Å². The molecule has 4 nitrogen and oxygen atoms in total. The van der Waals surface area contributed by atoms with E-state index >= 15 is 0 Å². The van der Waals surface area contributed by atoms with Gasteiger partial charge in [0, 0.05) is 30.6 Å². The smallest absolute Gasteiger partial charge is 0.254 e. The maximum absolute atomic E-state index is 13.1. The molecule has 4 rings (SSSR count). The van der Waals surface area contributed by atoms with Crippen LogP contribution in [-0.2, 0) is 6.42 Å². The van der Waals surface area contributed by atoms with Gasteiger partial charge in [0.25, 0.3) is 5.91 Å². The number of ether oxygens (including phenoxy) is 2. The molecule has 1 aromatic rings. The maximum atomic E-state index is 13.1. The Balaban J connectivity index is 1.55. The van der Waals surface area contributed by atoms with E-state index in [2.05, 4.69) is 11.8 Å². The topological polar surface area (TPSA) is 38.8 Å². The Morgan fingerprint density at radius 3 is 2.79 bits per heavy atom. The fourth-order valence-electron chi connectivity index (χ4n) is 4.74. The second-order valence-electron chi connectivity index (χ2n) is 7.64. The van der Waals surface area contributed by atoms with Crippen molar-refractivity contribution in [3.63, 3.8) is 0 Å². The van der Waals surface area contributed by atoms with Crippen LogP contribution in [0.4, 0.5) is 0 Å². The number of rotatable bonds is 2. The highest BCUT2D eigenvalue weighted by molar-refractivity contribution is 5.95. The summed E-state index contributed by atoms with van der Waals surface area (Å²) in [5, 5.41) is 0. The molecule has 1 aromatic carbocycles. The monoisotopic (exact) mass is 329 g/mol. The van der Waals surface area contributed by atoms with E-state index in [1.165, 1.54) is 32.1 Å². The van der Waals surface area contributed by atoms with Crippen molar-refractivity contribution in [1.29, 1.82) is 0 Å². The summed E-state index contributed by atoms with van der Waals surface area (Å²) in [6.45, 7) is 3.87. The highest BCUT2D eigenvalue weighted by Crippen LogP contribution is 2.40. The van der Waals surface area contributed by atoms with Gasteiger partial charge in [0.05, 0.1) is 7.11 Å². The lowest BCUT2D eigenvalue weighted by Crippen LogP contribution is -2.44. The molecule has 1 saturated carbocycles. The van der Waals surface area contributed by atoms with E-state index in [1.54, 1.807) is 7.11 Å². The molecule has 0 unspecified atom stereocenters. The standard InChI is InChI=1S/C20H27NO3/c1-13-9-16-10-17(11-18(23-2)19(16)24-13)20(22)21-8-7-14-5-3-4-6-15(14)12-21/h10-11,13-15H,3-9,12H2,1-2H3/t13-,14-,15-/m0/s1. The first kappa shape index (κ1) is 15.8. The number of methoxy groups -OCH3 is 1. The number of fused-ring (bicyclic) bond motifs is 2. The van der Waals surface area contributed by atoms with Crippen LogP contribution < -0.4 is 9.47 Å². The van der Waals surface area contributed by atoms with Gasteiger partial charge in [0.1, 0.15) is 6.10 Å². The molecule has 0 spiro atoms. The van der Waals surface area contributed by atoms with Crippen LogP contribution in [0, 0.1) is 11.8 Å². The van der Waals surface area contributed by atoms with Gasteiger partial charge in [-0.2, -0.15) is 0 Å². The number of hydrogen-bond donors (Lipinski definition) is 0. The molecule has 0 bridgehead atoms. The highest BCUT2D eigenvalue weighted by atomic mass is 16.5. The van der Waals surface area contributed by atoms with Crippen molar-refractivity contribution in [1.82, 2.24) is 4.90 Å². The third kappa shape index (κ3) is 2.76. The number of carbonyl (C=O) groups excluding carboxylic acids is 1. The lowest BCUT2D eigenvalue weighted by molar-refractivity contribution is 0.0520. The number of amides is 1. The predicted molar refractivity (Wildman–Crippen MR) is 92.8 cm³/mol. The van der Waals surface area contributed by atoms with E-state index in [9.17, 15) is 4.79 Å². The second-order valence-corrected chi connectivity index (χ2v) is 7.64. The molecule has 1 saturated heterocycles. The van der Waals surface area contributed by atoms with Crippen LogP contribution in [-0.4, -0.2) is 37.1 Å². The molecule has 0 radical (unpaired) electrons. The molecule has 3 aliphatic rings. The molecular formula is C20H27NO3. The molecule has 2 heterocycles. The quantitative estimate of drug-likeness (QED) is 0.831. The molecule has 1 amide bonds. The van der Waals surface area contributed by atoms with Crippen LogP contribution >= 0.6 is 0 Å². The maximum Gasteiger partial charge on any atom is 0.254 e. The van der Waals surface area contributed by atoms with Crippen molar-refractivity contribution in [2.75, 3.05) is 20.2 Å². The van der Waals surface area contributed by atoms with Gasteiger partial charge < -0.3 is 14.4 Å². The first-order valence-corrected chi connectivity index (χ1v) is 9.32. The van der Waals surface area contributed by atoms with E-state index < -0.39 is 0 Å². The Morgan fingerprint density at radius 1 is 1.21 bits per heavy atom. The van der Waals surface area contributed by atoms with Crippen molar-refractivity contribution in [3.05, 3.63) is 23.3 Å². The van der Waals surface area contributed by atoms with Crippen molar-refractivity contribution in [2.45, 2.75) is 51.6 Å². The van der Waals surface area contributed by atoms with Crippen LogP contribution in [0.5, 0.6) is 11.5 Å². The van der Waals surface area contributed by atoms with Crippen molar-refractivity contribution in [3.8, 4) is 11.5 Å². The molecule has 1 aliphatic carbocycles. The third-order valence-electron chi connectivity index (χ3n) is 6.00. The van der Waals surface area contributed by atoms with Crippen LogP contribution in [0.1, 0.15) is 54.9 Å². The minimum Gasteiger partial charge on any atom is -0.493 e. The molecule has 4 heteroatoms. The molecule has 2 aliphatic heterocycles. The fraction of sp³-hybridized carbons (Fsp3) is 0.650. The van der Waals surface area contributed by atoms with E-state index in [4.69, 9.17) is 9.47 Å². The number of benzene rings is 1. The summed E-state index contributed by atoms with van der Waals surface area (Å²) in [7, 11) is 1.64. The zero-order valence-corrected chi connectivity index (χ0v) is 14.7. The SMILES string of the molecule is COc1cc(C(=O)N2CC[C@@H]3CCCC[C@H]3C2)cc2c1O[C@@H](C)C2. The van der Waals surface area contributed by atoms with Gasteiger partial charge in [-0.3, -0.25) is 4.79 Å². The summed E-state index contributed by atoms with van der Waals surface area (Å²) in [5.41, 5.74) is 1.84. The Kier molecular flexibility index (Phi) is 4.15. The van der Waals surface area contributed by atoms with Crippen LogP contribution in [0.2, 0.25) is 0 Å². The second kappa shape index (κ2) is 6.30. The number of piperidine rings is 1. The van der Waals surface area contributed by atoms with E-state index in [-0.39, 0.29) is 12.0 Å². The first-order valence-electron chi connectivity index (χ1n) is 9.32. The first-order chi connectivity index (χ1) is 11.7. The summed E-state index contributed by atoms with van der Waals surface area (Å²) in [6.07, 6.45) is 7.50. The minimum absolute atomic E-state index is 0.150. The summed E-state index contributed by atoms with van der Waals surface area (Å²) >= 11 is 0. The number of nitrogens with zero attached hydrogens (tertiary/aromatic N) is 1. The van der Waals surface area contributed by atoms with E-state index in [0.29, 0.717) is 11.7 Å². The molecule has 2 fully saturated rings. The molecule has 0 aromatic heterocycles. The molecule has 24 heavy (non-hydrogen) atoms. The zero-order valence-electron chi connectivity index (χ0n) is 14.7. The summed E-state index contributed by atoms with van der Waals surface area (Å²) in [4.78, 5) is 15.1. The van der Waals surface area contributed by atoms with Crippen LogP contribution in [0.15, 0.2) is 12.1 Å². The zero-order chi connectivity index (χ0) is 16.7. The van der Waals surface area contributed by atoms with Crippen molar-refractivity contribution < 1.29 is 14.3 Å². The predicted octanol–water partition coefficient (Wildman–Crippen LogP) is 3.67. The van der Waals surface area contributed by atoms with Gasteiger partial charge in [-0.15, -0.1) is 0 Å². The van der Waals surface area contributed by atoms with Crippen LogP contribution in [0.25, 0.3) is 0 Å². The molecular weight excluding hydrogens is 302 g/mol. The number of carbonyl (C=O) groups is 1. The van der Waals surface area contributed by atoms with E-state index in [1.807, 2.05) is 12.1 Å². The largest absolute Gasteiger partial charge is 0.493 e. The average Bonchev–Trinajstić information content (AvgIpc) is 2.99. The Bertz CT molecular complexity index is 642. The molecule has 0 N–H and O–H groups in total. The highest BCUT2D eigenvalue weighted by Gasteiger charge is 2.34. The Labute approximate surface area is 144 Å².